The topological polar surface area (TPSA) is 76.0 Å². The molecule has 1 N–H and O–H groups in total. The van der Waals surface area contributed by atoms with Gasteiger partial charge in [0, 0.05) is 13.6 Å². The Morgan fingerprint density at radius 2 is 2.39 bits per heavy atom. The summed E-state index contributed by atoms with van der Waals surface area (Å²) in [5, 5.41) is 4.57. The lowest BCUT2D eigenvalue weighted by molar-refractivity contribution is 0.0981. The van der Waals surface area contributed by atoms with Crippen LogP contribution in [0.1, 0.15) is 6.92 Å². The SMILES string of the molecule is C[C@@H]1COCCN1c1nc2c(cnn2C)c(=O)[nH]1. The van der Waals surface area contributed by atoms with Crippen molar-refractivity contribution in [1.29, 1.82) is 0 Å². The maximum absolute atomic E-state index is 12.0. The Bertz CT molecular complexity index is 632. The smallest absolute Gasteiger partial charge is 0.263 e. The molecule has 1 saturated heterocycles. The van der Waals surface area contributed by atoms with Gasteiger partial charge in [-0.15, -0.1) is 0 Å². The van der Waals surface area contributed by atoms with Gasteiger partial charge in [-0.05, 0) is 6.92 Å². The lowest BCUT2D eigenvalue weighted by atomic mass is 10.3. The number of rotatable bonds is 1. The van der Waals surface area contributed by atoms with Gasteiger partial charge in [-0.3, -0.25) is 14.5 Å². The van der Waals surface area contributed by atoms with E-state index in [0.717, 1.165) is 6.54 Å². The molecule has 7 nitrogen and oxygen atoms in total. The van der Waals surface area contributed by atoms with Crippen LogP contribution >= 0.6 is 0 Å². The van der Waals surface area contributed by atoms with Crippen molar-refractivity contribution in [2.75, 3.05) is 24.7 Å². The van der Waals surface area contributed by atoms with Gasteiger partial charge in [0.2, 0.25) is 5.95 Å². The molecule has 1 aliphatic rings. The highest BCUT2D eigenvalue weighted by molar-refractivity contribution is 5.74. The first kappa shape index (κ1) is 11.2. The number of aromatic amines is 1. The second-order valence-electron chi connectivity index (χ2n) is 4.51. The maximum atomic E-state index is 12.0. The standard InChI is InChI=1S/C11H15N5O2/c1-7-6-18-4-3-16(7)11-13-9-8(10(17)14-11)5-12-15(9)2/h5,7H,3-4,6H2,1-2H3,(H,13,14,17)/t7-/m1/s1. The van der Waals surface area contributed by atoms with Crippen molar-refractivity contribution in [2.24, 2.45) is 7.05 Å². The molecule has 0 saturated carbocycles. The van der Waals surface area contributed by atoms with E-state index in [1.165, 1.54) is 6.20 Å². The third-order valence-electron chi connectivity index (χ3n) is 3.23. The zero-order valence-corrected chi connectivity index (χ0v) is 10.4. The highest BCUT2D eigenvalue weighted by Gasteiger charge is 2.22. The van der Waals surface area contributed by atoms with Gasteiger partial charge in [-0.1, -0.05) is 0 Å². The molecule has 0 spiro atoms. The zero-order chi connectivity index (χ0) is 12.7. The van der Waals surface area contributed by atoms with E-state index >= 15 is 0 Å². The fourth-order valence-electron chi connectivity index (χ4n) is 2.20. The van der Waals surface area contributed by atoms with Crippen LogP contribution in [0.5, 0.6) is 0 Å². The van der Waals surface area contributed by atoms with Crippen molar-refractivity contribution in [3.8, 4) is 0 Å². The van der Waals surface area contributed by atoms with E-state index in [0.29, 0.717) is 30.2 Å². The largest absolute Gasteiger partial charge is 0.377 e. The molecule has 0 bridgehead atoms. The number of hydrogen-bond donors (Lipinski definition) is 1. The number of H-pyrrole nitrogens is 1. The molecule has 96 valence electrons. The summed E-state index contributed by atoms with van der Waals surface area (Å²) in [5.74, 6) is 0.590. The van der Waals surface area contributed by atoms with Crippen LogP contribution in [-0.4, -0.2) is 45.5 Å². The normalized spacial score (nSPS) is 20.6. The van der Waals surface area contributed by atoms with Gasteiger partial charge in [0.25, 0.3) is 5.56 Å². The van der Waals surface area contributed by atoms with Gasteiger partial charge >= 0.3 is 0 Å². The Morgan fingerprint density at radius 1 is 1.56 bits per heavy atom. The molecule has 3 heterocycles. The predicted molar refractivity (Wildman–Crippen MR) is 66.8 cm³/mol. The number of hydrogen-bond acceptors (Lipinski definition) is 5. The summed E-state index contributed by atoms with van der Waals surface area (Å²) >= 11 is 0. The van der Waals surface area contributed by atoms with E-state index in [2.05, 4.69) is 20.0 Å². The van der Waals surface area contributed by atoms with Gasteiger partial charge in [0.1, 0.15) is 5.39 Å². The molecule has 0 amide bonds. The summed E-state index contributed by atoms with van der Waals surface area (Å²) < 4.78 is 6.99. The van der Waals surface area contributed by atoms with Crippen LogP contribution in [0.2, 0.25) is 0 Å². The number of aromatic nitrogens is 4. The fourth-order valence-corrected chi connectivity index (χ4v) is 2.20. The number of ether oxygens (including phenoxy) is 1. The molecule has 2 aromatic rings. The van der Waals surface area contributed by atoms with Crippen molar-refractivity contribution in [3.63, 3.8) is 0 Å². The van der Waals surface area contributed by atoms with Crippen molar-refractivity contribution >= 4 is 17.0 Å². The maximum Gasteiger partial charge on any atom is 0.263 e. The zero-order valence-electron chi connectivity index (χ0n) is 10.4. The monoisotopic (exact) mass is 249 g/mol. The lowest BCUT2D eigenvalue weighted by Crippen LogP contribution is -2.45. The summed E-state index contributed by atoms with van der Waals surface area (Å²) in [6.45, 7) is 4.07. The number of aryl methyl sites for hydroxylation is 1. The van der Waals surface area contributed by atoms with Gasteiger partial charge < -0.3 is 9.64 Å². The molecule has 0 aromatic carbocycles. The van der Waals surface area contributed by atoms with E-state index < -0.39 is 0 Å². The quantitative estimate of drug-likeness (QED) is 0.762. The second-order valence-corrected chi connectivity index (χ2v) is 4.51. The number of fused-ring (bicyclic) bond motifs is 1. The van der Waals surface area contributed by atoms with Crippen LogP contribution in [0.15, 0.2) is 11.0 Å². The van der Waals surface area contributed by atoms with Crippen LogP contribution in [0.3, 0.4) is 0 Å². The van der Waals surface area contributed by atoms with Crippen LogP contribution in [-0.2, 0) is 11.8 Å². The van der Waals surface area contributed by atoms with Crippen molar-refractivity contribution in [2.45, 2.75) is 13.0 Å². The molecule has 0 radical (unpaired) electrons. The predicted octanol–water partition coefficient (Wildman–Crippen LogP) is -0.118. The van der Waals surface area contributed by atoms with E-state index in [9.17, 15) is 4.79 Å². The van der Waals surface area contributed by atoms with Crippen molar-refractivity contribution < 1.29 is 4.74 Å². The Labute approximate surface area is 103 Å². The highest BCUT2D eigenvalue weighted by Crippen LogP contribution is 2.15. The Balaban J connectivity index is 2.11. The highest BCUT2D eigenvalue weighted by atomic mass is 16.5. The van der Waals surface area contributed by atoms with Crippen LogP contribution in [0, 0.1) is 0 Å². The Hall–Kier alpha value is -1.89. The summed E-state index contributed by atoms with van der Waals surface area (Å²) in [7, 11) is 1.78. The van der Waals surface area contributed by atoms with Crippen molar-refractivity contribution in [1.82, 2.24) is 19.7 Å². The third kappa shape index (κ3) is 1.67. The molecular formula is C11H15N5O2. The molecule has 2 aromatic heterocycles. The minimum atomic E-state index is -0.151. The van der Waals surface area contributed by atoms with E-state index in [-0.39, 0.29) is 11.6 Å². The van der Waals surface area contributed by atoms with Gasteiger partial charge in [-0.2, -0.15) is 10.1 Å². The molecular weight excluding hydrogens is 234 g/mol. The number of morpholine rings is 1. The second kappa shape index (κ2) is 4.09. The minimum Gasteiger partial charge on any atom is -0.377 e. The van der Waals surface area contributed by atoms with E-state index in [4.69, 9.17) is 4.74 Å². The molecule has 3 rings (SSSR count). The Kier molecular flexibility index (Phi) is 2.55. The molecule has 1 atom stereocenters. The van der Waals surface area contributed by atoms with Gasteiger partial charge in [0.05, 0.1) is 25.5 Å². The van der Waals surface area contributed by atoms with Gasteiger partial charge in [0.15, 0.2) is 5.65 Å². The molecule has 0 aliphatic carbocycles. The average Bonchev–Trinajstić information content (AvgIpc) is 2.72. The summed E-state index contributed by atoms with van der Waals surface area (Å²) in [5.41, 5.74) is 0.453. The molecule has 7 heteroatoms. The lowest BCUT2D eigenvalue weighted by Gasteiger charge is -2.33. The minimum absolute atomic E-state index is 0.151. The summed E-state index contributed by atoms with van der Waals surface area (Å²) in [6.07, 6.45) is 1.54. The summed E-state index contributed by atoms with van der Waals surface area (Å²) in [4.78, 5) is 21.3. The number of nitrogens with one attached hydrogen (secondary N) is 1. The fraction of sp³-hybridized carbons (Fsp3) is 0.545. The molecule has 18 heavy (non-hydrogen) atoms. The van der Waals surface area contributed by atoms with Crippen LogP contribution in [0.25, 0.3) is 11.0 Å². The first-order valence-electron chi connectivity index (χ1n) is 5.93. The van der Waals surface area contributed by atoms with Crippen molar-refractivity contribution in [3.05, 3.63) is 16.6 Å². The number of nitrogens with zero attached hydrogens (tertiary/aromatic N) is 4. The van der Waals surface area contributed by atoms with E-state index in [1.54, 1.807) is 11.7 Å². The van der Waals surface area contributed by atoms with Gasteiger partial charge in [-0.25, -0.2) is 0 Å². The molecule has 0 unspecified atom stereocenters. The number of anilines is 1. The summed E-state index contributed by atoms with van der Waals surface area (Å²) in [6, 6.07) is 0.201. The van der Waals surface area contributed by atoms with E-state index in [1.807, 2.05) is 6.92 Å². The molecule has 1 fully saturated rings. The average molecular weight is 249 g/mol. The first-order chi connectivity index (χ1) is 8.66. The first-order valence-corrected chi connectivity index (χ1v) is 5.93. The Morgan fingerprint density at radius 3 is 3.17 bits per heavy atom. The third-order valence-corrected chi connectivity index (χ3v) is 3.23. The van der Waals surface area contributed by atoms with Crippen LogP contribution < -0.4 is 10.5 Å². The van der Waals surface area contributed by atoms with Crippen LogP contribution in [0.4, 0.5) is 5.95 Å². The molecule has 1 aliphatic heterocycles.